The third kappa shape index (κ3) is 2.73. The molecule has 0 N–H and O–H groups in total. The summed E-state index contributed by atoms with van der Waals surface area (Å²) >= 11 is 1.16. The minimum Gasteiger partial charge on any atom is -0.375 e. The lowest BCUT2D eigenvalue weighted by molar-refractivity contribution is -0.202. The molecule has 3 aliphatic heterocycles. The van der Waals surface area contributed by atoms with Crippen molar-refractivity contribution in [2.24, 2.45) is 11.8 Å². The first-order valence-electron chi connectivity index (χ1n) is 7.86. The smallest absolute Gasteiger partial charge is 0.275 e. The van der Waals surface area contributed by atoms with Crippen LogP contribution in [0.4, 0.5) is 0 Å². The summed E-state index contributed by atoms with van der Waals surface area (Å²) in [6.45, 7) is 2.67. The first-order chi connectivity index (χ1) is 11.2. The van der Waals surface area contributed by atoms with Gasteiger partial charge in [-0.05, 0) is 24.4 Å². The van der Waals surface area contributed by atoms with E-state index in [4.69, 9.17) is 9.57 Å². The standard InChI is InChI=1S/C14H18N4O4S/c19-13(18-3-1-2-4-22-18)10-7-21-12-6-17(5-9(10)12)14(20)11-8-23-16-15-11/h8-10,12H,1-7H2/t9-,10-,12-/m0/s1. The molecular formula is C14H18N4O4S. The van der Waals surface area contributed by atoms with Crippen molar-refractivity contribution in [3.05, 3.63) is 11.1 Å². The third-order valence-corrected chi connectivity index (χ3v) is 5.25. The van der Waals surface area contributed by atoms with Gasteiger partial charge in [-0.15, -0.1) is 5.10 Å². The van der Waals surface area contributed by atoms with Gasteiger partial charge in [0.25, 0.3) is 11.8 Å². The number of rotatable bonds is 2. The molecule has 1 aromatic heterocycles. The van der Waals surface area contributed by atoms with Crippen molar-refractivity contribution in [3.8, 4) is 0 Å². The van der Waals surface area contributed by atoms with E-state index in [0.29, 0.717) is 38.5 Å². The normalized spacial score (nSPS) is 30.5. The molecule has 124 valence electrons. The largest absolute Gasteiger partial charge is 0.375 e. The number of carbonyl (C=O) groups is 2. The lowest BCUT2D eigenvalue weighted by Gasteiger charge is -2.29. The molecule has 0 aromatic carbocycles. The van der Waals surface area contributed by atoms with Gasteiger partial charge in [0.05, 0.1) is 25.2 Å². The minimum absolute atomic E-state index is 0.0122. The van der Waals surface area contributed by atoms with Crippen molar-refractivity contribution in [2.75, 3.05) is 32.8 Å². The summed E-state index contributed by atoms with van der Waals surface area (Å²) in [5.74, 6) is -0.355. The lowest BCUT2D eigenvalue weighted by atomic mass is 9.92. The van der Waals surface area contributed by atoms with E-state index in [-0.39, 0.29) is 29.8 Å². The highest BCUT2D eigenvalue weighted by Crippen LogP contribution is 2.35. The fraction of sp³-hybridized carbons (Fsp3) is 0.714. The Morgan fingerprint density at radius 3 is 2.96 bits per heavy atom. The van der Waals surface area contributed by atoms with Gasteiger partial charge < -0.3 is 9.64 Å². The Morgan fingerprint density at radius 1 is 1.30 bits per heavy atom. The third-order valence-electron chi connectivity index (χ3n) is 4.75. The second kappa shape index (κ2) is 6.14. The van der Waals surface area contributed by atoms with Crippen LogP contribution in [-0.2, 0) is 14.4 Å². The highest BCUT2D eigenvalue weighted by atomic mass is 32.1. The Labute approximate surface area is 137 Å². The van der Waals surface area contributed by atoms with Crippen molar-refractivity contribution >= 4 is 23.3 Å². The van der Waals surface area contributed by atoms with Crippen molar-refractivity contribution < 1.29 is 19.2 Å². The number of fused-ring (bicyclic) bond motifs is 1. The van der Waals surface area contributed by atoms with Crippen LogP contribution in [0.5, 0.6) is 0 Å². The van der Waals surface area contributed by atoms with Gasteiger partial charge in [-0.2, -0.15) is 0 Å². The summed E-state index contributed by atoms with van der Waals surface area (Å²) < 4.78 is 9.50. The molecule has 23 heavy (non-hydrogen) atoms. The predicted molar refractivity (Wildman–Crippen MR) is 79.4 cm³/mol. The first-order valence-corrected chi connectivity index (χ1v) is 8.70. The van der Waals surface area contributed by atoms with Crippen LogP contribution in [0.2, 0.25) is 0 Å². The van der Waals surface area contributed by atoms with Crippen LogP contribution < -0.4 is 0 Å². The summed E-state index contributed by atoms with van der Waals surface area (Å²) in [5.41, 5.74) is 0.359. The zero-order chi connectivity index (χ0) is 15.8. The van der Waals surface area contributed by atoms with Crippen LogP contribution in [0.3, 0.4) is 0 Å². The molecule has 3 fully saturated rings. The molecule has 3 atom stereocenters. The van der Waals surface area contributed by atoms with E-state index < -0.39 is 0 Å². The van der Waals surface area contributed by atoms with Gasteiger partial charge in [-0.25, -0.2) is 5.06 Å². The number of hydroxylamine groups is 2. The zero-order valence-corrected chi connectivity index (χ0v) is 13.4. The van der Waals surface area contributed by atoms with Crippen LogP contribution >= 0.6 is 11.5 Å². The van der Waals surface area contributed by atoms with E-state index in [9.17, 15) is 9.59 Å². The first kappa shape index (κ1) is 15.0. The molecule has 9 heteroatoms. The molecule has 0 spiro atoms. The van der Waals surface area contributed by atoms with E-state index in [1.54, 1.807) is 10.3 Å². The SMILES string of the molecule is O=C(c1csnn1)N1C[C@@H]2[C@H](C1)OC[C@@H]2C(=O)N1CCCCO1. The van der Waals surface area contributed by atoms with Crippen LogP contribution in [0.25, 0.3) is 0 Å². The second-order valence-electron chi connectivity index (χ2n) is 6.12. The number of aromatic nitrogens is 2. The maximum absolute atomic E-state index is 12.6. The van der Waals surface area contributed by atoms with Gasteiger partial charge in [-0.1, -0.05) is 4.49 Å². The van der Waals surface area contributed by atoms with E-state index in [1.165, 1.54) is 5.06 Å². The van der Waals surface area contributed by atoms with E-state index >= 15 is 0 Å². The molecular weight excluding hydrogens is 320 g/mol. The highest BCUT2D eigenvalue weighted by Gasteiger charge is 2.49. The zero-order valence-electron chi connectivity index (χ0n) is 12.6. The highest BCUT2D eigenvalue weighted by molar-refractivity contribution is 7.03. The van der Waals surface area contributed by atoms with Gasteiger partial charge in [-0.3, -0.25) is 14.4 Å². The quantitative estimate of drug-likeness (QED) is 0.765. The van der Waals surface area contributed by atoms with E-state index in [1.807, 2.05) is 0 Å². The number of hydrogen-bond acceptors (Lipinski definition) is 7. The number of carbonyl (C=O) groups excluding carboxylic acids is 2. The van der Waals surface area contributed by atoms with Crippen molar-refractivity contribution in [2.45, 2.75) is 18.9 Å². The van der Waals surface area contributed by atoms with Crippen LogP contribution in [0, 0.1) is 11.8 Å². The molecule has 4 rings (SSSR count). The number of ether oxygens (including phenoxy) is 1. The van der Waals surface area contributed by atoms with Gasteiger partial charge >= 0.3 is 0 Å². The predicted octanol–water partition coefficient (Wildman–Crippen LogP) is 0.179. The maximum atomic E-state index is 12.6. The molecule has 3 saturated heterocycles. The Balaban J connectivity index is 1.43. The molecule has 4 heterocycles. The summed E-state index contributed by atoms with van der Waals surface area (Å²) in [5, 5.41) is 6.94. The molecule has 0 saturated carbocycles. The minimum atomic E-state index is -0.232. The summed E-state index contributed by atoms with van der Waals surface area (Å²) in [7, 11) is 0. The monoisotopic (exact) mass is 338 g/mol. The fourth-order valence-electron chi connectivity index (χ4n) is 3.51. The van der Waals surface area contributed by atoms with Gasteiger partial charge in [0.2, 0.25) is 0 Å². The Bertz CT molecular complexity index is 590. The van der Waals surface area contributed by atoms with Gasteiger partial charge in [0.15, 0.2) is 5.69 Å². The number of likely N-dealkylation sites (tertiary alicyclic amines) is 1. The molecule has 1 aromatic rings. The molecule has 0 bridgehead atoms. The number of hydrogen-bond donors (Lipinski definition) is 0. The van der Waals surface area contributed by atoms with Crippen molar-refractivity contribution in [1.29, 1.82) is 0 Å². The fourth-order valence-corrected chi connectivity index (χ4v) is 3.94. The van der Waals surface area contributed by atoms with Crippen LogP contribution in [0.15, 0.2) is 5.38 Å². The molecule has 0 radical (unpaired) electrons. The average molecular weight is 338 g/mol. The molecule has 3 aliphatic rings. The van der Waals surface area contributed by atoms with E-state index in [0.717, 1.165) is 24.4 Å². The molecule has 0 aliphatic carbocycles. The van der Waals surface area contributed by atoms with Gasteiger partial charge in [0.1, 0.15) is 0 Å². The summed E-state index contributed by atoms with van der Waals surface area (Å²) in [6.07, 6.45) is 1.87. The maximum Gasteiger partial charge on any atom is 0.275 e. The van der Waals surface area contributed by atoms with Crippen LogP contribution in [-0.4, -0.2) is 70.3 Å². The number of amides is 2. The topological polar surface area (TPSA) is 84.9 Å². The molecule has 0 unspecified atom stereocenters. The Hall–Kier alpha value is -1.58. The number of nitrogens with zero attached hydrogens (tertiary/aromatic N) is 4. The lowest BCUT2D eigenvalue weighted by Crippen LogP contribution is -2.43. The summed E-state index contributed by atoms with van der Waals surface area (Å²) in [6, 6.07) is 0. The summed E-state index contributed by atoms with van der Waals surface area (Å²) in [4.78, 5) is 32.2. The Morgan fingerprint density at radius 2 is 2.22 bits per heavy atom. The average Bonchev–Trinajstić information content (AvgIpc) is 3.30. The molecule has 2 amide bonds. The van der Waals surface area contributed by atoms with E-state index in [2.05, 4.69) is 9.59 Å². The Kier molecular flexibility index (Phi) is 4.00. The van der Waals surface area contributed by atoms with Crippen LogP contribution in [0.1, 0.15) is 23.3 Å². The molecule has 8 nitrogen and oxygen atoms in total. The van der Waals surface area contributed by atoms with Crippen molar-refractivity contribution in [3.63, 3.8) is 0 Å². The second-order valence-corrected chi connectivity index (χ2v) is 6.73. The van der Waals surface area contributed by atoms with Crippen molar-refractivity contribution in [1.82, 2.24) is 19.6 Å². The van der Waals surface area contributed by atoms with Gasteiger partial charge in [0, 0.05) is 30.9 Å².